The number of allylic oxidation sites excluding steroid dienone is 1. The van der Waals surface area contributed by atoms with Crippen molar-refractivity contribution in [3.8, 4) is 0 Å². The summed E-state index contributed by atoms with van der Waals surface area (Å²) in [6.45, 7) is 11.8. The summed E-state index contributed by atoms with van der Waals surface area (Å²) in [5.74, 6) is -0.175. The minimum absolute atomic E-state index is 0.175. The van der Waals surface area contributed by atoms with Crippen LogP contribution in [0.2, 0.25) is 0 Å². The van der Waals surface area contributed by atoms with Gasteiger partial charge in [0.1, 0.15) is 0 Å². The molecule has 1 heterocycles. The Balaban J connectivity index is 0.00000210. The van der Waals surface area contributed by atoms with E-state index in [2.05, 4.69) is 29.5 Å². The van der Waals surface area contributed by atoms with Gasteiger partial charge in [0.2, 0.25) is 0 Å². The van der Waals surface area contributed by atoms with Crippen molar-refractivity contribution in [1.29, 1.82) is 0 Å². The summed E-state index contributed by atoms with van der Waals surface area (Å²) in [7, 11) is -1.06. The molecule has 3 aromatic rings. The van der Waals surface area contributed by atoms with Crippen LogP contribution in [-0.4, -0.2) is 26.1 Å². The summed E-state index contributed by atoms with van der Waals surface area (Å²) in [5.41, 5.74) is 4.96. The van der Waals surface area contributed by atoms with Gasteiger partial charge in [-0.3, -0.25) is 14.0 Å². The Morgan fingerprint density at radius 1 is 1.11 bits per heavy atom. The highest BCUT2D eigenvalue weighted by molar-refractivity contribution is 7.85. The molecule has 4 nitrogen and oxygen atoms in total. The first-order valence-electron chi connectivity index (χ1n) is 11.5. The van der Waals surface area contributed by atoms with Gasteiger partial charge in [0.25, 0.3) is 5.91 Å². The Morgan fingerprint density at radius 2 is 1.80 bits per heavy atom. The second kappa shape index (κ2) is 13.2. The van der Waals surface area contributed by atoms with E-state index >= 15 is 0 Å². The van der Waals surface area contributed by atoms with Gasteiger partial charge >= 0.3 is 0 Å². The third-order valence-electron chi connectivity index (χ3n) is 5.56. The van der Waals surface area contributed by atoms with E-state index in [0.717, 1.165) is 27.3 Å². The molecule has 0 bridgehead atoms. The fourth-order valence-electron chi connectivity index (χ4n) is 3.31. The summed E-state index contributed by atoms with van der Waals surface area (Å²) < 4.78 is 11.7. The zero-order chi connectivity index (χ0) is 26.0. The molecule has 1 atom stereocenters. The smallest absolute Gasteiger partial charge is 0.255 e. The van der Waals surface area contributed by atoms with Crippen LogP contribution in [0.1, 0.15) is 54.9 Å². The summed E-state index contributed by atoms with van der Waals surface area (Å²) in [6.07, 6.45) is 7.76. The number of nitrogens with zero attached hydrogens (tertiary/aromatic N) is 1. The number of carbonyl (C=O) groups excluding carboxylic acids is 1. The van der Waals surface area contributed by atoms with Crippen LogP contribution in [0.3, 0.4) is 0 Å². The maximum absolute atomic E-state index is 12.7. The first-order chi connectivity index (χ1) is 16.7. The molecule has 1 amide bonds. The molecule has 2 aromatic carbocycles. The first-order valence-corrected chi connectivity index (χ1v) is 13.5. The fourth-order valence-corrected chi connectivity index (χ4v) is 3.93. The molecular weight excluding hydrogens is 472 g/mol. The lowest BCUT2D eigenvalue weighted by Gasteiger charge is -2.23. The molecular formula is C29H34N2O2S2. The van der Waals surface area contributed by atoms with Gasteiger partial charge in [-0.15, -0.1) is 12.6 Å². The SMILES string of the molecule is C=C/C(=C\c1cccnc1Cc1cccc(C(=O)Nc2ccc(S)cc2)c1)C(C)(C)S(C)=O.CC. The van der Waals surface area contributed by atoms with Gasteiger partial charge < -0.3 is 5.32 Å². The quantitative estimate of drug-likeness (QED) is 0.256. The van der Waals surface area contributed by atoms with Crippen LogP contribution >= 0.6 is 12.6 Å². The van der Waals surface area contributed by atoms with Crippen LogP contribution in [-0.2, 0) is 17.2 Å². The summed E-state index contributed by atoms with van der Waals surface area (Å²) in [4.78, 5) is 18.1. The predicted octanol–water partition coefficient (Wildman–Crippen LogP) is 6.97. The summed E-state index contributed by atoms with van der Waals surface area (Å²) >= 11 is 4.27. The molecule has 0 saturated carbocycles. The second-order valence-corrected chi connectivity index (χ2v) is 10.6. The topological polar surface area (TPSA) is 59.1 Å². The van der Waals surface area contributed by atoms with E-state index in [1.807, 2.05) is 88.4 Å². The lowest BCUT2D eigenvalue weighted by Crippen LogP contribution is -2.27. The minimum atomic E-state index is -1.06. The molecule has 0 fully saturated rings. The van der Waals surface area contributed by atoms with Crippen molar-refractivity contribution in [2.75, 3.05) is 11.6 Å². The van der Waals surface area contributed by atoms with Crippen LogP contribution in [0.5, 0.6) is 0 Å². The van der Waals surface area contributed by atoms with Crippen molar-refractivity contribution < 1.29 is 9.00 Å². The van der Waals surface area contributed by atoms with E-state index in [4.69, 9.17) is 0 Å². The van der Waals surface area contributed by atoms with E-state index in [1.54, 1.807) is 24.6 Å². The number of anilines is 1. The number of benzene rings is 2. The Morgan fingerprint density at radius 3 is 2.43 bits per heavy atom. The van der Waals surface area contributed by atoms with E-state index in [9.17, 15) is 9.00 Å². The molecule has 0 saturated heterocycles. The predicted molar refractivity (Wildman–Crippen MR) is 153 cm³/mol. The number of hydrogen-bond donors (Lipinski definition) is 2. The minimum Gasteiger partial charge on any atom is -0.322 e. The first kappa shape index (κ1) is 28.3. The number of aromatic nitrogens is 1. The zero-order valence-electron chi connectivity index (χ0n) is 21.0. The average Bonchev–Trinajstić information content (AvgIpc) is 2.86. The van der Waals surface area contributed by atoms with Gasteiger partial charge in [-0.1, -0.05) is 44.7 Å². The number of amides is 1. The van der Waals surface area contributed by atoms with Gasteiger partial charge in [-0.05, 0) is 79.1 Å². The summed E-state index contributed by atoms with van der Waals surface area (Å²) in [5, 5.41) is 2.91. The number of nitrogens with one attached hydrogen (secondary N) is 1. The Kier molecular flexibility index (Phi) is 10.7. The van der Waals surface area contributed by atoms with E-state index < -0.39 is 15.5 Å². The molecule has 0 radical (unpaired) electrons. The lowest BCUT2D eigenvalue weighted by atomic mass is 9.97. The van der Waals surface area contributed by atoms with E-state index in [0.29, 0.717) is 17.7 Å². The Bertz CT molecular complexity index is 1220. The van der Waals surface area contributed by atoms with Crippen molar-refractivity contribution in [3.63, 3.8) is 0 Å². The molecule has 0 aliphatic carbocycles. The lowest BCUT2D eigenvalue weighted by molar-refractivity contribution is 0.102. The molecule has 0 aliphatic rings. The molecule has 35 heavy (non-hydrogen) atoms. The number of thiol groups is 1. The highest BCUT2D eigenvalue weighted by atomic mass is 32.2. The van der Waals surface area contributed by atoms with Crippen LogP contribution in [0, 0.1) is 0 Å². The largest absolute Gasteiger partial charge is 0.322 e. The average molecular weight is 507 g/mol. The maximum atomic E-state index is 12.7. The Hall–Kier alpha value is -2.96. The van der Waals surface area contributed by atoms with Crippen molar-refractivity contribution in [1.82, 2.24) is 4.98 Å². The van der Waals surface area contributed by atoms with Crippen LogP contribution in [0.4, 0.5) is 5.69 Å². The number of carbonyl (C=O) groups is 1. The molecule has 1 unspecified atom stereocenters. The summed E-state index contributed by atoms with van der Waals surface area (Å²) in [6, 6.07) is 18.7. The molecule has 1 N–H and O–H groups in total. The van der Waals surface area contributed by atoms with Gasteiger partial charge in [-0.25, -0.2) is 0 Å². The maximum Gasteiger partial charge on any atom is 0.255 e. The van der Waals surface area contributed by atoms with Gasteiger partial charge in [0.15, 0.2) is 0 Å². The highest BCUT2D eigenvalue weighted by Crippen LogP contribution is 2.27. The molecule has 0 aliphatic heterocycles. The monoisotopic (exact) mass is 506 g/mol. The van der Waals surface area contributed by atoms with Crippen molar-refractivity contribution in [2.24, 2.45) is 0 Å². The Labute approximate surface area is 217 Å². The third kappa shape index (κ3) is 7.77. The van der Waals surface area contributed by atoms with Crippen LogP contribution in [0.15, 0.2) is 90.0 Å². The van der Waals surface area contributed by atoms with Crippen molar-refractivity contribution in [2.45, 2.75) is 43.8 Å². The molecule has 1 aromatic heterocycles. The number of pyridine rings is 1. The zero-order valence-corrected chi connectivity index (χ0v) is 22.7. The highest BCUT2D eigenvalue weighted by Gasteiger charge is 2.26. The van der Waals surface area contributed by atoms with Crippen molar-refractivity contribution in [3.05, 3.63) is 107 Å². The van der Waals surface area contributed by atoms with E-state index in [1.165, 1.54) is 0 Å². The molecule has 6 heteroatoms. The molecule has 3 rings (SSSR count). The van der Waals surface area contributed by atoms with Crippen LogP contribution < -0.4 is 5.32 Å². The standard InChI is InChI=1S/C27H28N2O2S2.C2H6/c1-5-22(27(2,3)33(4)31)18-20-10-7-15-28-25(20)17-19-8-6-9-21(16-19)26(30)29-23-11-13-24(32)14-12-23;1-2/h5-16,18,32H,1,17H2,2-4H3,(H,29,30);1-2H3/b22-18+;. The third-order valence-corrected chi connectivity index (χ3v) is 7.53. The fraction of sp³-hybridized carbons (Fsp3) is 0.241. The van der Waals surface area contributed by atoms with Crippen molar-refractivity contribution >= 4 is 41.1 Å². The molecule has 0 spiro atoms. The van der Waals surface area contributed by atoms with Crippen LogP contribution in [0.25, 0.3) is 6.08 Å². The van der Waals surface area contributed by atoms with E-state index in [-0.39, 0.29) is 5.91 Å². The van der Waals surface area contributed by atoms with Gasteiger partial charge in [-0.2, -0.15) is 0 Å². The van der Waals surface area contributed by atoms with Gasteiger partial charge in [0.05, 0.1) is 10.4 Å². The number of rotatable bonds is 8. The second-order valence-electron chi connectivity index (χ2n) is 8.19. The normalized spacial score (nSPS) is 12.2. The number of hydrogen-bond acceptors (Lipinski definition) is 4. The van der Waals surface area contributed by atoms with Gasteiger partial charge in [0, 0.05) is 45.8 Å². The molecule has 184 valence electrons.